The van der Waals surface area contributed by atoms with Crippen molar-refractivity contribution in [2.24, 2.45) is 0 Å². The molecule has 6 heteroatoms. The Hall–Kier alpha value is -1.20. The monoisotopic (exact) mass is 318 g/mol. The van der Waals surface area contributed by atoms with Gasteiger partial charge in [-0.2, -0.15) is 0 Å². The quantitative estimate of drug-likeness (QED) is 0.880. The predicted octanol–water partition coefficient (Wildman–Crippen LogP) is 4.52. The van der Waals surface area contributed by atoms with E-state index in [0.717, 1.165) is 6.07 Å². The molecule has 0 atom stereocenters. The van der Waals surface area contributed by atoms with Gasteiger partial charge in [-0.25, -0.2) is 13.8 Å². The second-order valence-electron chi connectivity index (χ2n) is 3.23. The van der Waals surface area contributed by atoms with E-state index in [4.69, 9.17) is 11.6 Å². The van der Waals surface area contributed by atoms with Crippen LogP contribution in [-0.2, 0) is 0 Å². The molecule has 88 valence electrons. The van der Waals surface area contributed by atoms with Crippen molar-refractivity contribution in [2.45, 2.75) is 0 Å². The summed E-state index contributed by atoms with van der Waals surface area (Å²) in [6.45, 7) is 0. The number of benzene rings is 1. The third-order valence-corrected chi connectivity index (χ3v) is 2.85. The van der Waals surface area contributed by atoms with E-state index in [9.17, 15) is 8.78 Å². The first-order valence-electron chi connectivity index (χ1n) is 4.59. The summed E-state index contributed by atoms with van der Waals surface area (Å²) in [5.41, 5.74) is 0.514. The van der Waals surface area contributed by atoms with Crippen molar-refractivity contribution in [3.8, 4) is 0 Å². The zero-order chi connectivity index (χ0) is 12.4. The van der Waals surface area contributed by atoms with Crippen molar-refractivity contribution in [1.29, 1.82) is 0 Å². The van der Waals surface area contributed by atoms with E-state index in [2.05, 4.69) is 26.2 Å². The van der Waals surface area contributed by atoms with Crippen LogP contribution in [0.4, 0.5) is 20.3 Å². The van der Waals surface area contributed by atoms with Crippen molar-refractivity contribution >= 4 is 39.0 Å². The third-order valence-electron chi connectivity index (χ3n) is 1.99. The van der Waals surface area contributed by atoms with Crippen LogP contribution in [0.3, 0.4) is 0 Å². The summed E-state index contributed by atoms with van der Waals surface area (Å²) in [5, 5.41) is 2.95. The smallest absolute Gasteiger partial charge is 0.167 e. The normalized spacial score (nSPS) is 10.4. The predicted molar refractivity (Wildman–Crippen MR) is 66.6 cm³/mol. The molecule has 0 bridgehead atoms. The van der Waals surface area contributed by atoms with Crippen LogP contribution in [0.2, 0.25) is 5.02 Å². The first-order chi connectivity index (χ1) is 8.06. The van der Waals surface area contributed by atoms with Crippen molar-refractivity contribution in [1.82, 2.24) is 4.98 Å². The Balaban J connectivity index is 2.31. The molecule has 1 N–H and O–H groups in total. The van der Waals surface area contributed by atoms with E-state index in [0.29, 0.717) is 10.2 Å². The van der Waals surface area contributed by atoms with E-state index < -0.39 is 5.82 Å². The van der Waals surface area contributed by atoms with E-state index >= 15 is 0 Å². The lowest BCUT2D eigenvalue weighted by atomic mass is 10.3. The molecule has 2 aromatic rings. The number of halogens is 4. The zero-order valence-electron chi connectivity index (χ0n) is 8.35. The van der Waals surface area contributed by atoms with Crippen LogP contribution in [0, 0.1) is 11.6 Å². The van der Waals surface area contributed by atoms with Crippen LogP contribution in [0.5, 0.6) is 0 Å². The fourth-order valence-electron chi connectivity index (χ4n) is 1.22. The zero-order valence-corrected chi connectivity index (χ0v) is 10.7. The Kier molecular flexibility index (Phi) is 3.59. The van der Waals surface area contributed by atoms with Gasteiger partial charge in [-0.15, -0.1) is 0 Å². The topological polar surface area (TPSA) is 24.9 Å². The first kappa shape index (κ1) is 12.3. The second-order valence-corrected chi connectivity index (χ2v) is 4.52. The van der Waals surface area contributed by atoms with Crippen LogP contribution in [-0.4, -0.2) is 4.98 Å². The van der Waals surface area contributed by atoms with Gasteiger partial charge in [0.05, 0.1) is 10.7 Å². The molecule has 2 nitrogen and oxygen atoms in total. The maximum absolute atomic E-state index is 13.4. The number of hydrogen-bond donors (Lipinski definition) is 1. The highest BCUT2D eigenvalue weighted by Crippen LogP contribution is 2.27. The lowest BCUT2D eigenvalue weighted by Gasteiger charge is -2.08. The highest BCUT2D eigenvalue weighted by atomic mass is 79.9. The van der Waals surface area contributed by atoms with Crippen molar-refractivity contribution in [3.63, 3.8) is 0 Å². The van der Waals surface area contributed by atoms with Crippen LogP contribution < -0.4 is 5.32 Å². The van der Waals surface area contributed by atoms with Gasteiger partial charge in [0.15, 0.2) is 11.6 Å². The van der Waals surface area contributed by atoms with Gasteiger partial charge in [0.1, 0.15) is 5.82 Å². The molecule has 0 aliphatic carbocycles. The summed E-state index contributed by atoms with van der Waals surface area (Å²) in [7, 11) is 0. The van der Waals surface area contributed by atoms with Gasteiger partial charge < -0.3 is 5.32 Å². The molecule has 2 rings (SSSR count). The molecule has 0 saturated carbocycles. The Bertz CT molecular complexity index is 514. The van der Waals surface area contributed by atoms with Gasteiger partial charge in [0, 0.05) is 10.7 Å². The van der Waals surface area contributed by atoms with Crippen LogP contribution in [0.25, 0.3) is 0 Å². The molecule has 1 aromatic carbocycles. The van der Waals surface area contributed by atoms with Crippen molar-refractivity contribution in [3.05, 3.63) is 51.6 Å². The maximum atomic E-state index is 13.4. The van der Waals surface area contributed by atoms with Crippen molar-refractivity contribution < 1.29 is 8.78 Å². The van der Waals surface area contributed by atoms with E-state index in [1.165, 1.54) is 24.4 Å². The molecule has 0 spiro atoms. The first-order valence-corrected chi connectivity index (χ1v) is 5.76. The number of nitrogens with one attached hydrogen (secondary N) is 1. The largest absolute Gasteiger partial charge is 0.337 e. The summed E-state index contributed by atoms with van der Waals surface area (Å²) in [6, 6.07) is 5.17. The Morgan fingerprint density at radius 1 is 1.24 bits per heavy atom. The summed E-state index contributed by atoms with van der Waals surface area (Å²) in [5.74, 6) is -0.928. The molecular formula is C11H6BrClF2N2. The molecule has 0 saturated heterocycles. The minimum atomic E-state index is -0.575. The number of nitrogens with zero attached hydrogens (tertiary/aromatic N) is 1. The average molecular weight is 320 g/mol. The van der Waals surface area contributed by atoms with Crippen molar-refractivity contribution in [2.75, 3.05) is 5.32 Å². The Morgan fingerprint density at radius 3 is 2.65 bits per heavy atom. The summed E-state index contributed by atoms with van der Waals surface area (Å²) in [4.78, 5) is 3.80. The molecule has 0 radical (unpaired) electrons. The standard InChI is InChI=1S/C11H6BrClF2N2/c12-8-4-7(14)1-2-10(8)17-11-9(15)3-6(13)5-16-11/h1-5H,(H,16,17). The third kappa shape index (κ3) is 2.92. The lowest BCUT2D eigenvalue weighted by molar-refractivity contribution is 0.625. The average Bonchev–Trinajstić information content (AvgIpc) is 2.25. The fourth-order valence-corrected chi connectivity index (χ4v) is 1.82. The maximum Gasteiger partial charge on any atom is 0.167 e. The molecule has 1 heterocycles. The molecule has 0 aliphatic rings. The van der Waals surface area contributed by atoms with Gasteiger partial charge in [-0.1, -0.05) is 11.6 Å². The van der Waals surface area contributed by atoms with Crippen LogP contribution in [0.15, 0.2) is 34.9 Å². The SMILES string of the molecule is Fc1ccc(Nc2ncc(Cl)cc2F)c(Br)c1. The molecule has 0 amide bonds. The van der Waals surface area contributed by atoms with Gasteiger partial charge in [-0.3, -0.25) is 0 Å². The molecule has 0 aliphatic heterocycles. The summed E-state index contributed by atoms with van der Waals surface area (Å²) in [6.07, 6.45) is 1.32. The van der Waals surface area contributed by atoms with E-state index in [-0.39, 0.29) is 16.7 Å². The van der Waals surface area contributed by atoms with Crippen LogP contribution in [0.1, 0.15) is 0 Å². The summed E-state index contributed by atoms with van der Waals surface area (Å²) < 4.78 is 26.8. The second kappa shape index (κ2) is 4.98. The molecule has 0 fully saturated rings. The van der Waals surface area contributed by atoms with Gasteiger partial charge in [0.2, 0.25) is 0 Å². The molecule has 1 aromatic heterocycles. The Labute approximate surface area is 110 Å². The number of rotatable bonds is 2. The highest BCUT2D eigenvalue weighted by molar-refractivity contribution is 9.10. The molecule has 17 heavy (non-hydrogen) atoms. The minimum Gasteiger partial charge on any atom is -0.337 e. The molecular weight excluding hydrogens is 313 g/mol. The van der Waals surface area contributed by atoms with E-state index in [1.54, 1.807) is 0 Å². The van der Waals surface area contributed by atoms with E-state index in [1.807, 2.05) is 0 Å². The number of anilines is 2. The summed E-state index contributed by atoms with van der Waals surface area (Å²) >= 11 is 8.75. The number of pyridine rings is 1. The molecule has 0 unspecified atom stereocenters. The highest BCUT2D eigenvalue weighted by Gasteiger charge is 2.07. The van der Waals surface area contributed by atoms with Gasteiger partial charge in [-0.05, 0) is 40.2 Å². The van der Waals surface area contributed by atoms with Crippen LogP contribution >= 0.6 is 27.5 Å². The lowest BCUT2D eigenvalue weighted by Crippen LogP contribution is -1.97. The Morgan fingerprint density at radius 2 is 2.00 bits per heavy atom. The number of aromatic nitrogens is 1. The van der Waals surface area contributed by atoms with Gasteiger partial charge >= 0.3 is 0 Å². The number of hydrogen-bond acceptors (Lipinski definition) is 2. The minimum absolute atomic E-state index is 0.0294. The fraction of sp³-hybridized carbons (Fsp3) is 0. The van der Waals surface area contributed by atoms with Gasteiger partial charge in [0.25, 0.3) is 0 Å².